The van der Waals surface area contributed by atoms with Crippen molar-refractivity contribution in [3.05, 3.63) is 78.3 Å². The van der Waals surface area contributed by atoms with E-state index in [9.17, 15) is 10.1 Å². The topological polar surface area (TPSA) is 218 Å². The summed E-state index contributed by atoms with van der Waals surface area (Å²) in [6.45, 7) is 3.71. The normalized spacial score (nSPS) is 30.8. The van der Waals surface area contributed by atoms with Gasteiger partial charge in [0.1, 0.15) is 43.1 Å². The number of anilines is 1. The van der Waals surface area contributed by atoms with E-state index >= 15 is 8.78 Å². The molecular weight excluding hydrogens is 849 g/mol. The summed E-state index contributed by atoms with van der Waals surface area (Å²) in [5.74, 6) is -0.363. The second-order valence-electron chi connectivity index (χ2n) is 13.0. The van der Waals surface area contributed by atoms with Crippen molar-refractivity contribution in [2.24, 2.45) is 0 Å². The third-order valence-corrected chi connectivity index (χ3v) is 12.8. The number of hydrogen-bond acceptors (Lipinski definition) is 17. The van der Waals surface area contributed by atoms with E-state index in [1.54, 1.807) is 37.3 Å². The molecule has 5 aromatic rings. The fraction of sp³-hybridized carbons (Fsp3) is 0.441. The maximum absolute atomic E-state index is 16.9. The lowest BCUT2D eigenvalue weighted by Gasteiger charge is -2.31. The number of carbonyl (C=O) groups excluding carboxylic acids is 1. The summed E-state index contributed by atoms with van der Waals surface area (Å²) in [6, 6.07) is 10.5. The molecule has 4 aromatic heterocycles. The van der Waals surface area contributed by atoms with Crippen LogP contribution in [0.1, 0.15) is 34.9 Å². The van der Waals surface area contributed by atoms with Gasteiger partial charge in [0.15, 0.2) is 60.1 Å². The second kappa shape index (κ2) is 17.8. The number of rotatable bonds is 10. The Hall–Kier alpha value is -4.55. The first-order valence-corrected chi connectivity index (χ1v) is 21.6. The van der Waals surface area contributed by atoms with Gasteiger partial charge in [-0.1, -0.05) is 18.2 Å². The Morgan fingerprint density at radius 3 is 2.50 bits per heavy atom. The number of hydrogen-bond donors (Lipinski definition) is 1. The predicted octanol–water partition coefficient (Wildman–Crippen LogP) is 3.65. The maximum Gasteiger partial charge on any atom is 0.327 e. The monoisotopic (exact) mass is 885 g/mol. The first-order chi connectivity index (χ1) is 29.0. The van der Waals surface area contributed by atoms with Gasteiger partial charge in [0, 0.05) is 5.56 Å². The third kappa shape index (κ3) is 8.51. The van der Waals surface area contributed by atoms with Crippen molar-refractivity contribution in [2.45, 2.75) is 62.6 Å². The van der Waals surface area contributed by atoms with Crippen LogP contribution < -0.4 is 5.32 Å². The third-order valence-electron chi connectivity index (χ3n) is 9.31. The molecule has 0 saturated carbocycles. The molecule has 7 heterocycles. The van der Waals surface area contributed by atoms with Crippen molar-refractivity contribution in [3.8, 4) is 6.07 Å². The smallest absolute Gasteiger partial charge is 0.327 e. The van der Waals surface area contributed by atoms with Crippen LogP contribution in [0.4, 0.5) is 14.6 Å². The quantitative estimate of drug-likeness (QED) is 0.0916. The number of aromatic nitrogens is 8. The van der Waals surface area contributed by atoms with Crippen molar-refractivity contribution in [3.63, 3.8) is 0 Å². The lowest BCUT2D eigenvalue weighted by molar-refractivity contribution is -0.0630. The van der Waals surface area contributed by atoms with E-state index in [1.807, 2.05) is 6.07 Å². The van der Waals surface area contributed by atoms with Gasteiger partial charge in [0.25, 0.3) is 5.91 Å². The molecule has 1 N–H and O–H groups in total. The number of imidazole rings is 2. The van der Waals surface area contributed by atoms with E-state index in [0.29, 0.717) is 22.4 Å². The highest BCUT2D eigenvalue weighted by Crippen LogP contribution is 2.62. The Morgan fingerprint density at radius 1 is 1.02 bits per heavy atom. The molecule has 0 aliphatic carbocycles. The number of nitrogens with one attached hydrogen (secondary N) is 1. The largest absolute Gasteiger partial charge is 0.346 e. The number of carbonyl (C=O) groups is 1. The Labute approximate surface area is 346 Å². The highest BCUT2D eigenvalue weighted by Gasteiger charge is 2.56. The molecule has 3 saturated heterocycles. The van der Waals surface area contributed by atoms with Gasteiger partial charge < -0.3 is 28.7 Å². The lowest BCUT2D eigenvalue weighted by Crippen LogP contribution is -2.36. The van der Waals surface area contributed by atoms with Crippen LogP contribution in [-0.4, -0.2) is 122 Å². The molecule has 1 amide bonds. The fourth-order valence-electron chi connectivity index (χ4n) is 6.51. The molecule has 8 rings (SSSR count). The summed E-state index contributed by atoms with van der Waals surface area (Å²) >= 11 is 5.86. The molecule has 2 unspecified atom stereocenters. The van der Waals surface area contributed by atoms with Gasteiger partial charge in [-0.3, -0.25) is 18.5 Å². The van der Waals surface area contributed by atoms with E-state index in [2.05, 4.69) is 40.1 Å². The maximum atomic E-state index is 16.9. The van der Waals surface area contributed by atoms with Crippen molar-refractivity contribution in [1.82, 2.24) is 39.0 Å². The van der Waals surface area contributed by atoms with Gasteiger partial charge in [0.2, 0.25) is 21.9 Å². The van der Waals surface area contributed by atoms with Crippen LogP contribution in [0.2, 0.25) is 0 Å². The zero-order valence-corrected chi connectivity index (χ0v) is 33.4. The molecule has 60 heavy (non-hydrogen) atoms. The highest BCUT2D eigenvalue weighted by atomic mass is 32.5. The summed E-state index contributed by atoms with van der Waals surface area (Å²) in [6.07, 6.45) is -6.79. The number of fused-ring (bicyclic) bond motifs is 5. The zero-order valence-electron chi connectivity index (χ0n) is 30.8. The second-order valence-corrected chi connectivity index (χ2v) is 17.2. The lowest BCUT2D eigenvalue weighted by atomic mass is 10.1. The van der Waals surface area contributed by atoms with E-state index in [1.165, 1.54) is 34.4 Å². The van der Waals surface area contributed by atoms with E-state index in [4.69, 9.17) is 55.0 Å². The first kappa shape index (κ1) is 42.2. The molecule has 20 nitrogen and oxygen atoms in total. The minimum Gasteiger partial charge on any atom is -0.346 e. The predicted molar refractivity (Wildman–Crippen MR) is 214 cm³/mol. The van der Waals surface area contributed by atoms with Crippen LogP contribution in [0.5, 0.6) is 0 Å². The number of benzene rings is 1. The van der Waals surface area contributed by atoms with E-state index < -0.39 is 90.4 Å². The highest BCUT2D eigenvalue weighted by molar-refractivity contribution is 8.07. The van der Waals surface area contributed by atoms with Crippen molar-refractivity contribution in [2.75, 3.05) is 38.3 Å². The number of nitrogens with zero attached hydrogens (tertiary/aromatic N) is 10. The minimum absolute atomic E-state index is 0.0356. The Balaban J connectivity index is 1.14. The van der Waals surface area contributed by atoms with Crippen LogP contribution in [0, 0.1) is 24.8 Å². The molecule has 3 fully saturated rings. The van der Waals surface area contributed by atoms with Gasteiger partial charge in [0.05, 0.1) is 44.1 Å². The van der Waals surface area contributed by atoms with Gasteiger partial charge in [-0.15, -0.1) is 0 Å². The molecule has 314 valence electrons. The molecule has 2 bridgehead atoms. The molecule has 26 heteroatoms. The summed E-state index contributed by atoms with van der Waals surface area (Å²) in [5.41, 5.74) is 2.03. The SMILES string of the molecule is [BH3-][P+]1(OCC[N+]#[C-])OC[C@H]2O[C@@H](n3cnc4c(NC(=O)c5ccccc5)ncnc43)[C@H](OP(=S)(OCCC#N)OC[C@H]3O[C@@H](n4cnc5c(C)ncnc54)[C@H](F)[C@@H]3O1)[C@H]2F. The molecule has 3 aliphatic rings. The molecule has 10 atom stereocenters. The minimum atomic E-state index is -4.04. The summed E-state index contributed by atoms with van der Waals surface area (Å²) in [4.78, 5) is 42.3. The van der Waals surface area contributed by atoms with E-state index in [0.717, 1.165) is 0 Å². The Morgan fingerprint density at radius 2 is 1.73 bits per heavy atom. The van der Waals surface area contributed by atoms with Crippen LogP contribution in [0.15, 0.2) is 55.6 Å². The number of amides is 1. The van der Waals surface area contributed by atoms with Gasteiger partial charge in [-0.25, -0.2) is 58.8 Å². The van der Waals surface area contributed by atoms with Gasteiger partial charge >= 0.3 is 6.72 Å². The fourth-order valence-corrected chi connectivity index (χ4v) is 9.72. The molecule has 3 aliphatic heterocycles. The summed E-state index contributed by atoms with van der Waals surface area (Å²) < 4.78 is 86.5. The number of alkyl halides is 2. The number of aryl methyl sites for hydroxylation is 1. The first-order valence-electron chi connectivity index (χ1n) is 18.0. The van der Waals surface area contributed by atoms with Crippen molar-refractivity contribution >= 4 is 68.0 Å². The Kier molecular flexibility index (Phi) is 12.5. The van der Waals surface area contributed by atoms with Gasteiger partial charge in [-0.2, -0.15) is 5.26 Å². The van der Waals surface area contributed by atoms with Crippen LogP contribution in [-0.2, 0) is 48.4 Å². The van der Waals surface area contributed by atoms with Crippen molar-refractivity contribution < 1.29 is 50.2 Å². The summed E-state index contributed by atoms with van der Waals surface area (Å²) in [7, 11) is -4.49. The summed E-state index contributed by atoms with van der Waals surface area (Å²) in [5, 5.41) is 12.1. The Bertz CT molecular complexity index is 2500. The average molecular weight is 886 g/mol. The standard InChI is InChI=1S/C34H36BF2N11O9P2S/c1-19-25-30(42-15-40-19)47(17-44-25)33-24(37)27-22(55-33)14-53-59(60,51-11-6-9-38)57-28-23(36)21(13-52-58(35,56-27)50-12-10-39-2)54-34(28)48-18-45-26-29(41-16-43-31(26)48)46-32(49)20-7-4-3-5-8-20/h3-5,7-8,15-18,21-24,27-28,33-34H,6,10-14H2,1,35H3,(H,41,43,46,49)/t21-,22-,23+,24-,27-,28-,33-,34-,58?,59?/m1/s1. The van der Waals surface area contributed by atoms with Gasteiger partial charge in [-0.05, 0) is 30.9 Å². The zero-order chi connectivity index (χ0) is 42.0. The molecule has 0 radical (unpaired) electrons. The number of ether oxygens (including phenoxy) is 2. The molecule has 0 spiro atoms. The number of nitriles is 1. The van der Waals surface area contributed by atoms with Crippen LogP contribution in [0.25, 0.3) is 27.2 Å². The van der Waals surface area contributed by atoms with Crippen LogP contribution in [0.3, 0.4) is 0 Å². The van der Waals surface area contributed by atoms with Crippen LogP contribution >= 0.6 is 14.5 Å². The molecular formula is C34H36BF2N11O9P2S. The van der Waals surface area contributed by atoms with Crippen molar-refractivity contribution in [1.29, 1.82) is 5.26 Å². The number of halogens is 2. The molecule has 1 aromatic carbocycles. The average Bonchev–Trinajstić information content (AvgIpc) is 4.02. The van der Waals surface area contributed by atoms with E-state index in [-0.39, 0.29) is 43.2 Å².